The van der Waals surface area contributed by atoms with E-state index < -0.39 is 12.0 Å². The molecule has 1 aromatic carbocycles. The van der Waals surface area contributed by atoms with Gasteiger partial charge in [-0.05, 0) is 23.8 Å². The van der Waals surface area contributed by atoms with Gasteiger partial charge in [0.25, 0.3) is 5.91 Å². The molecule has 1 atom stereocenters. The van der Waals surface area contributed by atoms with Crippen LogP contribution in [0.5, 0.6) is 0 Å². The number of carbonyl (C=O) groups is 1. The second-order valence-electron chi connectivity index (χ2n) is 4.58. The summed E-state index contributed by atoms with van der Waals surface area (Å²) in [4.78, 5) is 12.0. The fourth-order valence-corrected chi connectivity index (χ4v) is 2.37. The Bertz CT molecular complexity index is 640. The summed E-state index contributed by atoms with van der Waals surface area (Å²) in [5.41, 5.74) is 0.801. The summed E-state index contributed by atoms with van der Waals surface area (Å²) in [6.07, 6.45) is 1.76. The lowest BCUT2D eigenvalue weighted by atomic mass is 10.1. The van der Waals surface area contributed by atoms with E-state index in [9.17, 15) is 9.90 Å². The van der Waals surface area contributed by atoms with Gasteiger partial charge in [-0.1, -0.05) is 23.2 Å². The van der Waals surface area contributed by atoms with E-state index in [1.165, 1.54) is 24.4 Å². The monoisotopic (exact) mass is 343 g/mol. The number of aliphatic hydroxyl groups excluding tert-OH is 1. The van der Waals surface area contributed by atoms with Crippen LogP contribution < -0.4 is 5.32 Å². The van der Waals surface area contributed by atoms with E-state index >= 15 is 0 Å². The molecule has 118 valence electrons. The van der Waals surface area contributed by atoms with Gasteiger partial charge in [-0.2, -0.15) is 5.10 Å². The summed E-state index contributed by atoms with van der Waals surface area (Å²) < 4.78 is 6.57. The second-order valence-corrected chi connectivity index (χ2v) is 5.45. The third-order valence-corrected chi connectivity index (χ3v) is 3.31. The molecule has 2 N–H and O–H groups in total. The number of amides is 1. The first-order valence-electron chi connectivity index (χ1n) is 6.46. The van der Waals surface area contributed by atoms with Crippen molar-refractivity contribution in [2.75, 3.05) is 19.0 Å². The van der Waals surface area contributed by atoms with Gasteiger partial charge in [0.2, 0.25) is 0 Å². The highest BCUT2D eigenvalue weighted by Gasteiger charge is 2.19. The summed E-state index contributed by atoms with van der Waals surface area (Å²) in [6, 6.07) is 4.50. The van der Waals surface area contributed by atoms with E-state index in [0.717, 1.165) is 0 Å². The van der Waals surface area contributed by atoms with E-state index in [0.29, 0.717) is 34.4 Å². The summed E-state index contributed by atoms with van der Waals surface area (Å²) in [6.45, 7) is 1.08. The van der Waals surface area contributed by atoms with Crippen molar-refractivity contribution in [3.8, 4) is 0 Å². The molecule has 2 aromatic rings. The Morgan fingerprint density at radius 3 is 2.73 bits per heavy atom. The Labute approximate surface area is 137 Å². The zero-order valence-electron chi connectivity index (χ0n) is 11.8. The molecule has 0 spiro atoms. The summed E-state index contributed by atoms with van der Waals surface area (Å²) >= 11 is 11.7. The van der Waals surface area contributed by atoms with Crippen molar-refractivity contribution in [3.63, 3.8) is 0 Å². The predicted molar refractivity (Wildman–Crippen MR) is 84.2 cm³/mol. The molecule has 0 aliphatic heterocycles. The number of methoxy groups -OCH3 is 1. The molecule has 6 nitrogen and oxygen atoms in total. The molecule has 1 heterocycles. The fourth-order valence-electron chi connectivity index (χ4n) is 1.83. The molecule has 0 saturated carbocycles. The van der Waals surface area contributed by atoms with Gasteiger partial charge in [-0.3, -0.25) is 9.48 Å². The maximum Gasteiger partial charge on any atom is 0.257 e. The molecule has 0 aliphatic rings. The fraction of sp³-hybridized carbons (Fsp3) is 0.286. The first-order chi connectivity index (χ1) is 10.5. The van der Waals surface area contributed by atoms with Crippen LogP contribution in [0.15, 0.2) is 30.6 Å². The van der Waals surface area contributed by atoms with E-state index in [2.05, 4.69) is 10.4 Å². The number of halogens is 2. The Morgan fingerprint density at radius 2 is 2.09 bits per heavy atom. The molecular formula is C14H15Cl2N3O3. The van der Waals surface area contributed by atoms with Crippen molar-refractivity contribution in [3.05, 3.63) is 46.2 Å². The van der Waals surface area contributed by atoms with Gasteiger partial charge in [0.15, 0.2) is 6.10 Å². The largest absolute Gasteiger partial charge is 0.383 e. The van der Waals surface area contributed by atoms with Gasteiger partial charge >= 0.3 is 0 Å². The Kier molecular flexibility index (Phi) is 5.79. The lowest BCUT2D eigenvalue weighted by molar-refractivity contribution is -0.124. The number of rotatable bonds is 6. The molecule has 0 aliphatic carbocycles. The molecule has 1 unspecified atom stereocenters. The van der Waals surface area contributed by atoms with Gasteiger partial charge in [0.05, 0.1) is 25.0 Å². The van der Waals surface area contributed by atoms with Crippen molar-refractivity contribution in [2.45, 2.75) is 12.6 Å². The highest BCUT2D eigenvalue weighted by Crippen LogP contribution is 2.24. The van der Waals surface area contributed by atoms with E-state index in [-0.39, 0.29) is 0 Å². The molecule has 1 aromatic heterocycles. The van der Waals surface area contributed by atoms with Crippen LogP contribution in [0.2, 0.25) is 10.0 Å². The molecule has 0 radical (unpaired) electrons. The molecule has 0 saturated heterocycles. The summed E-state index contributed by atoms with van der Waals surface area (Å²) in [5.74, 6) is -0.593. The van der Waals surface area contributed by atoms with Gasteiger partial charge in [0, 0.05) is 23.4 Å². The first kappa shape index (κ1) is 16.8. The van der Waals surface area contributed by atoms with Crippen LogP contribution in [0.1, 0.15) is 11.7 Å². The molecule has 8 heteroatoms. The van der Waals surface area contributed by atoms with Crippen molar-refractivity contribution >= 4 is 34.8 Å². The zero-order valence-corrected chi connectivity index (χ0v) is 13.3. The first-order valence-corrected chi connectivity index (χ1v) is 7.21. The Hall–Kier alpha value is -1.60. The van der Waals surface area contributed by atoms with Crippen LogP contribution in [0.4, 0.5) is 5.69 Å². The van der Waals surface area contributed by atoms with Crippen LogP contribution in [0, 0.1) is 0 Å². The number of carbonyl (C=O) groups excluding carboxylic acids is 1. The van der Waals surface area contributed by atoms with Crippen LogP contribution in [-0.4, -0.2) is 34.5 Å². The number of nitrogens with one attached hydrogen (secondary N) is 1. The average Bonchev–Trinajstić information content (AvgIpc) is 2.90. The standard InChI is InChI=1S/C14H15Cl2N3O3/c1-22-3-2-19-8-12(7-17-19)18-14(21)13(20)9-4-10(15)6-11(16)5-9/h4-8,13,20H,2-3H2,1H3,(H,18,21). The van der Waals surface area contributed by atoms with Gasteiger partial charge in [-0.25, -0.2) is 0 Å². The molecular weight excluding hydrogens is 329 g/mol. The number of nitrogens with zero attached hydrogens (tertiary/aromatic N) is 2. The minimum absolute atomic E-state index is 0.321. The number of anilines is 1. The van der Waals surface area contributed by atoms with Crippen LogP contribution in [0.25, 0.3) is 0 Å². The maximum atomic E-state index is 12.0. The van der Waals surface area contributed by atoms with E-state index in [1.807, 2.05) is 0 Å². The second kappa shape index (κ2) is 7.60. The SMILES string of the molecule is COCCn1cc(NC(=O)C(O)c2cc(Cl)cc(Cl)c2)cn1. The zero-order chi connectivity index (χ0) is 16.1. The number of aliphatic hydroxyl groups is 1. The lowest BCUT2D eigenvalue weighted by Crippen LogP contribution is -2.20. The third-order valence-electron chi connectivity index (χ3n) is 2.87. The van der Waals surface area contributed by atoms with Crippen molar-refractivity contribution in [1.29, 1.82) is 0 Å². The molecule has 22 heavy (non-hydrogen) atoms. The Balaban J connectivity index is 2.03. The van der Waals surface area contributed by atoms with Gasteiger partial charge < -0.3 is 15.2 Å². The van der Waals surface area contributed by atoms with Gasteiger partial charge in [-0.15, -0.1) is 0 Å². The minimum Gasteiger partial charge on any atom is -0.383 e. The Morgan fingerprint density at radius 1 is 1.41 bits per heavy atom. The smallest absolute Gasteiger partial charge is 0.257 e. The molecule has 0 fully saturated rings. The van der Waals surface area contributed by atoms with Crippen LogP contribution in [-0.2, 0) is 16.1 Å². The van der Waals surface area contributed by atoms with Crippen molar-refractivity contribution in [2.24, 2.45) is 0 Å². The van der Waals surface area contributed by atoms with Crippen LogP contribution >= 0.6 is 23.2 Å². The average molecular weight is 344 g/mol. The van der Waals surface area contributed by atoms with Gasteiger partial charge in [0.1, 0.15) is 0 Å². The topological polar surface area (TPSA) is 76.4 Å². The van der Waals surface area contributed by atoms with Crippen molar-refractivity contribution < 1.29 is 14.6 Å². The number of aromatic nitrogens is 2. The van der Waals surface area contributed by atoms with E-state index in [1.54, 1.807) is 18.0 Å². The quantitative estimate of drug-likeness (QED) is 0.844. The molecule has 0 bridgehead atoms. The lowest BCUT2D eigenvalue weighted by Gasteiger charge is -2.11. The number of benzene rings is 1. The van der Waals surface area contributed by atoms with Crippen LogP contribution in [0.3, 0.4) is 0 Å². The summed E-state index contributed by atoms with van der Waals surface area (Å²) in [7, 11) is 1.60. The van der Waals surface area contributed by atoms with E-state index in [4.69, 9.17) is 27.9 Å². The van der Waals surface area contributed by atoms with Crippen molar-refractivity contribution in [1.82, 2.24) is 9.78 Å². The molecule has 1 amide bonds. The molecule has 2 rings (SSSR count). The maximum absolute atomic E-state index is 12.0. The summed E-state index contributed by atoms with van der Waals surface area (Å²) in [5, 5.41) is 17.4. The number of hydrogen-bond donors (Lipinski definition) is 2. The normalized spacial score (nSPS) is 12.2. The number of ether oxygens (including phenoxy) is 1. The minimum atomic E-state index is -1.38. The highest BCUT2D eigenvalue weighted by molar-refractivity contribution is 6.34. The number of hydrogen-bond acceptors (Lipinski definition) is 4. The highest BCUT2D eigenvalue weighted by atomic mass is 35.5. The predicted octanol–water partition coefficient (Wildman–Crippen LogP) is 2.51. The third kappa shape index (κ3) is 4.45.